The zero-order valence-corrected chi connectivity index (χ0v) is 15.7. The molecule has 3 atom stereocenters. The topological polar surface area (TPSA) is 77.0 Å². The maximum Gasteiger partial charge on any atom is 0.308 e. The Morgan fingerprint density at radius 1 is 1.42 bits per heavy atom. The Kier molecular flexibility index (Phi) is 5.14. The summed E-state index contributed by atoms with van der Waals surface area (Å²) in [6, 6.07) is 3.65. The lowest BCUT2D eigenvalue weighted by Crippen LogP contribution is -2.36. The molecular formula is C20H27NO5. The van der Waals surface area contributed by atoms with Crippen LogP contribution in [0.2, 0.25) is 0 Å². The number of carboxylic acids is 1. The third-order valence-electron chi connectivity index (χ3n) is 5.22. The minimum Gasteiger partial charge on any atom is -0.493 e. The summed E-state index contributed by atoms with van der Waals surface area (Å²) in [6.07, 6.45) is 4.90. The lowest BCUT2D eigenvalue weighted by molar-refractivity contribution is -0.142. The van der Waals surface area contributed by atoms with Gasteiger partial charge in [0.05, 0.1) is 13.0 Å². The molecule has 2 aliphatic rings. The number of rotatable bonds is 6. The molecule has 142 valence electrons. The zero-order chi connectivity index (χ0) is 18.9. The number of aliphatic carboxylic acids is 1. The highest BCUT2D eigenvalue weighted by atomic mass is 16.7. The van der Waals surface area contributed by atoms with E-state index >= 15 is 0 Å². The number of hydrogen-bond acceptors (Lipinski definition) is 5. The summed E-state index contributed by atoms with van der Waals surface area (Å²) in [6.45, 7) is 7.01. The van der Waals surface area contributed by atoms with Gasteiger partial charge in [0.2, 0.25) is 12.5 Å². The van der Waals surface area contributed by atoms with Gasteiger partial charge in [-0.2, -0.15) is 0 Å². The van der Waals surface area contributed by atoms with E-state index in [-0.39, 0.29) is 24.2 Å². The fraction of sp³-hybridized carbons (Fsp3) is 0.550. The Bertz CT molecular complexity index is 712. The van der Waals surface area contributed by atoms with E-state index in [9.17, 15) is 9.90 Å². The highest BCUT2D eigenvalue weighted by Crippen LogP contribution is 2.46. The highest BCUT2D eigenvalue weighted by molar-refractivity contribution is 5.73. The van der Waals surface area contributed by atoms with Crippen molar-refractivity contribution in [3.05, 3.63) is 29.8 Å². The molecule has 0 aromatic heterocycles. The Labute approximate surface area is 154 Å². The van der Waals surface area contributed by atoms with E-state index in [4.69, 9.17) is 14.2 Å². The molecule has 3 rings (SSSR count). The molecule has 6 heteroatoms. The van der Waals surface area contributed by atoms with E-state index in [2.05, 4.69) is 25.2 Å². The summed E-state index contributed by atoms with van der Waals surface area (Å²) in [5.74, 6) is 0.336. The summed E-state index contributed by atoms with van der Waals surface area (Å²) in [7, 11) is 1.57. The molecule has 1 fully saturated rings. The van der Waals surface area contributed by atoms with Crippen molar-refractivity contribution in [2.75, 3.05) is 20.4 Å². The number of nitrogens with one attached hydrogen (secondary N) is 1. The standard InChI is InChI=1S/C20H27NO5/c1-5-6-20(2,3)9-14-17(19(22)23)13(10-21-14)12-7-15(24-4)18-16(8-12)25-11-26-18/h5-8,13-14,17,21H,9-11H2,1-4H3,(H,22,23)/b6-5+/t13?,14-,17+/m0/s1. The van der Waals surface area contributed by atoms with E-state index in [1.807, 2.05) is 25.1 Å². The van der Waals surface area contributed by atoms with Crippen molar-refractivity contribution in [1.82, 2.24) is 5.32 Å². The molecule has 1 aromatic rings. The Balaban J connectivity index is 1.90. The van der Waals surface area contributed by atoms with Crippen LogP contribution in [0.5, 0.6) is 17.2 Å². The van der Waals surface area contributed by atoms with Crippen LogP contribution in [0.3, 0.4) is 0 Å². The van der Waals surface area contributed by atoms with Crippen molar-refractivity contribution >= 4 is 5.97 Å². The summed E-state index contributed by atoms with van der Waals surface area (Å²) in [5, 5.41) is 13.3. The number of allylic oxidation sites excluding steroid dienone is 2. The van der Waals surface area contributed by atoms with Gasteiger partial charge in [-0.1, -0.05) is 26.0 Å². The number of carbonyl (C=O) groups is 1. The fourth-order valence-corrected chi connectivity index (χ4v) is 4.13. The van der Waals surface area contributed by atoms with Crippen molar-refractivity contribution in [3.63, 3.8) is 0 Å². The van der Waals surface area contributed by atoms with Gasteiger partial charge in [-0.05, 0) is 36.5 Å². The first-order valence-corrected chi connectivity index (χ1v) is 8.94. The zero-order valence-electron chi connectivity index (χ0n) is 15.7. The molecule has 2 N–H and O–H groups in total. The minimum absolute atomic E-state index is 0.0679. The van der Waals surface area contributed by atoms with Crippen LogP contribution in [0.15, 0.2) is 24.3 Å². The molecule has 1 saturated heterocycles. The van der Waals surface area contributed by atoms with Crippen molar-refractivity contribution in [3.8, 4) is 17.2 Å². The van der Waals surface area contributed by atoms with Gasteiger partial charge < -0.3 is 24.6 Å². The number of hydrogen-bond donors (Lipinski definition) is 2. The van der Waals surface area contributed by atoms with E-state index in [1.54, 1.807) is 7.11 Å². The quantitative estimate of drug-likeness (QED) is 0.758. The largest absolute Gasteiger partial charge is 0.493 e. The van der Waals surface area contributed by atoms with Crippen molar-refractivity contribution in [2.24, 2.45) is 11.3 Å². The Morgan fingerprint density at radius 3 is 2.85 bits per heavy atom. The van der Waals surface area contributed by atoms with Gasteiger partial charge in [-0.3, -0.25) is 4.79 Å². The molecule has 0 aliphatic carbocycles. The van der Waals surface area contributed by atoms with Gasteiger partial charge in [0, 0.05) is 18.5 Å². The van der Waals surface area contributed by atoms with Gasteiger partial charge in [-0.25, -0.2) is 0 Å². The average molecular weight is 361 g/mol. The molecule has 6 nitrogen and oxygen atoms in total. The molecule has 1 aromatic carbocycles. The van der Waals surface area contributed by atoms with Crippen molar-refractivity contribution in [2.45, 2.75) is 39.2 Å². The van der Waals surface area contributed by atoms with Gasteiger partial charge in [0.25, 0.3) is 0 Å². The molecule has 0 amide bonds. The maximum absolute atomic E-state index is 12.1. The summed E-state index contributed by atoms with van der Waals surface area (Å²) in [5.41, 5.74) is 0.832. The number of benzene rings is 1. The van der Waals surface area contributed by atoms with Crippen LogP contribution in [0.4, 0.5) is 0 Å². The number of ether oxygens (including phenoxy) is 3. The Morgan fingerprint density at radius 2 is 2.19 bits per heavy atom. The predicted molar refractivity (Wildman–Crippen MR) is 98.0 cm³/mol. The second kappa shape index (κ2) is 7.19. The van der Waals surface area contributed by atoms with Crippen molar-refractivity contribution in [1.29, 1.82) is 0 Å². The van der Waals surface area contributed by atoms with Crippen molar-refractivity contribution < 1.29 is 24.1 Å². The molecule has 0 spiro atoms. The molecule has 0 bridgehead atoms. The lowest BCUT2D eigenvalue weighted by Gasteiger charge is -2.28. The molecule has 0 saturated carbocycles. The van der Waals surface area contributed by atoms with E-state index in [0.29, 0.717) is 23.8 Å². The van der Waals surface area contributed by atoms with Crippen LogP contribution in [-0.4, -0.2) is 37.6 Å². The summed E-state index contributed by atoms with van der Waals surface area (Å²) >= 11 is 0. The lowest BCUT2D eigenvalue weighted by atomic mass is 9.78. The first-order valence-electron chi connectivity index (χ1n) is 8.94. The highest BCUT2D eigenvalue weighted by Gasteiger charge is 2.44. The van der Waals surface area contributed by atoms with E-state index in [1.165, 1.54) is 0 Å². The molecule has 26 heavy (non-hydrogen) atoms. The first kappa shape index (κ1) is 18.6. The molecule has 2 heterocycles. The normalized spacial score (nSPS) is 25.0. The van der Waals surface area contributed by atoms with Crippen LogP contribution in [0, 0.1) is 11.3 Å². The van der Waals surface area contributed by atoms with Gasteiger partial charge >= 0.3 is 5.97 Å². The van der Waals surface area contributed by atoms with Gasteiger partial charge in [-0.15, -0.1) is 0 Å². The van der Waals surface area contributed by atoms with Crippen LogP contribution < -0.4 is 19.5 Å². The average Bonchev–Trinajstić information content (AvgIpc) is 3.19. The number of fused-ring (bicyclic) bond motifs is 1. The van der Waals surface area contributed by atoms with Crippen LogP contribution in [-0.2, 0) is 4.79 Å². The monoisotopic (exact) mass is 361 g/mol. The molecule has 0 radical (unpaired) electrons. The molecule has 1 unspecified atom stereocenters. The summed E-state index contributed by atoms with van der Waals surface area (Å²) in [4.78, 5) is 12.1. The predicted octanol–water partition coefficient (Wildman–Crippen LogP) is 3.17. The second-order valence-corrected chi connectivity index (χ2v) is 7.63. The molecule has 2 aliphatic heterocycles. The van der Waals surface area contributed by atoms with Gasteiger partial charge in [0.1, 0.15) is 0 Å². The van der Waals surface area contributed by atoms with Crippen LogP contribution >= 0.6 is 0 Å². The number of methoxy groups -OCH3 is 1. The van der Waals surface area contributed by atoms with Gasteiger partial charge in [0.15, 0.2) is 11.5 Å². The van der Waals surface area contributed by atoms with Crippen LogP contribution in [0.1, 0.15) is 38.7 Å². The maximum atomic E-state index is 12.1. The SMILES string of the molecule is C/C=C/C(C)(C)C[C@@H]1NCC(c2cc(OC)c3c(c2)OCO3)[C@H]1C(=O)O. The third-order valence-corrected chi connectivity index (χ3v) is 5.22. The fourth-order valence-electron chi connectivity index (χ4n) is 4.13. The Hall–Kier alpha value is -2.21. The minimum atomic E-state index is -0.780. The first-order chi connectivity index (χ1) is 12.4. The molecular weight excluding hydrogens is 334 g/mol. The second-order valence-electron chi connectivity index (χ2n) is 7.63. The van der Waals surface area contributed by atoms with E-state index < -0.39 is 11.9 Å². The smallest absolute Gasteiger partial charge is 0.308 e. The summed E-state index contributed by atoms with van der Waals surface area (Å²) < 4.78 is 16.3. The van der Waals surface area contributed by atoms with Crippen LogP contribution in [0.25, 0.3) is 0 Å². The third kappa shape index (κ3) is 3.51. The van der Waals surface area contributed by atoms with E-state index in [0.717, 1.165) is 12.0 Å². The number of carboxylic acid groups (broad SMARTS) is 1.